The number of hydrogen-bond donors (Lipinski definition) is 2. The molecule has 1 saturated heterocycles. The van der Waals surface area contributed by atoms with E-state index in [2.05, 4.69) is 18.4 Å². The molecule has 0 aromatic heterocycles. The summed E-state index contributed by atoms with van der Waals surface area (Å²) in [7, 11) is 2.31. The van der Waals surface area contributed by atoms with Gasteiger partial charge in [-0.1, -0.05) is 42.5 Å². The van der Waals surface area contributed by atoms with E-state index in [9.17, 15) is 14.7 Å². The number of likely N-dealkylation sites (tertiary alicyclic amines) is 1. The molecule has 0 radical (unpaired) electrons. The number of ether oxygens (including phenoxy) is 1. The van der Waals surface area contributed by atoms with Gasteiger partial charge in [0.1, 0.15) is 12.3 Å². The molecule has 4 atom stereocenters. The number of esters is 1. The van der Waals surface area contributed by atoms with E-state index in [-0.39, 0.29) is 23.7 Å². The first-order valence-corrected chi connectivity index (χ1v) is 14.3. The van der Waals surface area contributed by atoms with Gasteiger partial charge in [-0.05, 0) is 72.7 Å². The van der Waals surface area contributed by atoms with E-state index in [0.717, 1.165) is 59.2 Å². The van der Waals surface area contributed by atoms with Crippen molar-refractivity contribution in [3.8, 4) is 5.75 Å². The summed E-state index contributed by atoms with van der Waals surface area (Å²) < 4.78 is 7.31. The van der Waals surface area contributed by atoms with Crippen molar-refractivity contribution in [2.24, 2.45) is 5.92 Å². The summed E-state index contributed by atoms with van der Waals surface area (Å²) in [6.07, 6.45) is 5.46. The lowest BCUT2D eigenvalue weighted by molar-refractivity contribution is -0.924. The molecule has 6 nitrogen and oxygen atoms in total. The third-order valence-electron chi connectivity index (χ3n) is 9.56. The molecule has 0 spiro atoms. The number of amides is 1. The van der Waals surface area contributed by atoms with E-state index >= 15 is 0 Å². The Kier molecular flexibility index (Phi) is 6.41. The molecule has 1 unspecified atom stereocenters. The van der Waals surface area contributed by atoms with Crippen LogP contribution in [0.3, 0.4) is 0 Å². The predicted molar refractivity (Wildman–Crippen MR) is 151 cm³/mol. The number of likely N-dealkylation sites (N-methyl/N-ethyl adjacent to an activating group) is 1. The smallest absolute Gasteiger partial charge is 0.303 e. The van der Waals surface area contributed by atoms with Gasteiger partial charge in [0.2, 0.25) is 0 Å². The summed E-state index contributed by atoms with van der Waals surface area (Å²) in [5.41, 5.74) is 0.442. The monoisotopic (exact) mass is 527 g/mol. The molecular weight excluding hydrogens is 488 g/mol. The van der Waals surface area contributed by atoms with Crippen molar-refractivity contribution < 1.29 is 23.9 Å². The lowest BCUT2D eigenvalue weighted by Gasteiger charge is -2.60. The summed E-state index contributed by atoms with van der Waals surface area (Å²) in [5, 5.41) is 16.0. The number of phenolic OH excluding ortho intramolecular Hbond substituents is 1. The first-order valence-electron chi connectivity index (χ1n) is 14.3. The number of carbonyl (C=O) groups excluding carboxylic acids is 2. The molecule has 3 aromatic carbocycles. The number of nitrogens with zero attached hydrogens (tertiary/aromatic N) is 1. The molecule has 3 aromatic rings. The predicted octanol–water partition coefficient (Wildman–Crippen LogP) is 5.33. The van der Waals surface area contributed by atoms with Crippen molar-refractivity contribution in [2.75, 3.05) is 26.7 Å². The standard InChI is InChI=1S/C33H38N2O4/c1-23(36)39-33-15-14-29(34-31(38)27-13-12-25-6-3-4-7-26(25)18-27)20-32(33,28-8-5-9-30(37)19-28)16-17-35(2,22-33)21-24-10-11-24/h3-9,12-13,18-19,24,29H,10-11,14-17,20-22H2,1-2H3,(H-,34,37,38)/p+1/t29-,32-,33?,35+/m0/s1. The van der Waals surface area contributed by atoms with Crippen LogP contribution in [0.2, 0.25) is 0 Å². The lowest BCUT2D eigenvalue weighted by atomic mass is 9.54. The number of carbonyl (C=O) groups is 2. The number of quaternary nitrogens is 1. The lowest BCUT2D eigenvalue weighted by Crippen LogP contribution is -2.72. The van der Waals surface area contributed by atoms with Gasteiger partial charge in [0.05, 0.1) is 20.1 Å². The average Bonchev–Trinajstić information content (AvgIpc) is 3.71. The summed E-state index contributed by atoms with van der Waals surface area (Å²) in [5.74, 6) is 0.622. The first-order chi connectivity index (χ1) is 18.7. The van der Waals surface area contributed by atoms with Crippen molar-refractivity contribution in [1.29, 1.82) is 0 Å². The van der Waals surface area contributed by atoms with Crippen molar-refractivity contribution in [3.05, 3.63) is 77.9 Å². The second kappa shape index (κ2) is 9.67. The van der Waals surface area contributed by atoms with Gasteiger partial charge in [-0.25, -0.2) is 0 Å². The summed E-state index contributed by atoms with van der Waals surface area (Å²) in [4.78, 5) is 26.1. The maximum atomic E-state index is 13.5. The van der Waals surface area contributed by atoms with Crippen LogP contribution in [0, 0.1) is 5.92 Å². The number of piperidine rings is 1. The minimum atomic E-state index is -0.696. The molecule has 204 valence electrons. The minimum absolute atomic E-state index is 0.0738. The van der Waals surface area contributed by atoms with Crippen LogP contribution in [-0.2, 0) is 14.9 Å². The molecule has 3 fully saturated rings. The van der Waals surface area contributed by atoms with Crippen LogP contribution in [0.5, 0.6) is 5.75 Å². The number of hydrogen-bond acceptors (Lipinski definition) is 4. The zero-order valence-electron chi connectivity index (χ0n) is 23.0. The van der Waals surface area contributed by atoms with Crippen LogP contribution >= 0.6 is 0 Å². The topological polar surface area (TPSA) is 75.6 Å². The molecule has 1 aliphatic heterocycles. The number of benzene rings is 3. The van der Waals surface area contributed by atoms with Gasteiger partial charge < -0.3 is 19.6 Å². The van der Waals surface area contributed by atoms with Crippen LogP contribution in [0.1, 0.15) is 61.4 Å². The van der Waals surface area contributed by atoms with Crippen molar-refractivity contribution in [3.63, 3.8) is 0 Å². The number of aromatic hydroxyl groups is 1. The first kappa shape index (κ1) is 25.9. The van der Waals surface area contributed by atoms with E-state index in [0.29, 0.717) is 18.4 Å². The molecule has 1 amide bonds. The molecule has 6 rings (SSSR count). The number of nitrogens with one attached hydrogen (secondary N) is 1. The molecule has 39 heavy (non-hydrogen) atoms. The maximum Gasteiger partial charge on any atom is 0.303 e. The fourth-order valence-corrected chi connectivity index (χ4v) is 7.66. The van der Waals surface area contributed by atoms with Crippen LogP contribution in [0.25, 0.3) is 10.8 Å². The Morgan fingerprint density at radius 2 is 1.79 bits per heavy atom. The SMILES string of the molecule is CC(=O)OC12CC[C@H](NC(=O)c3ccc4ccccc4c3)C[C@]1(c1cccc(O)c1)CC[N@+](C)(CC1CC1)C2. The van der Waals surface area contributed by atoms with Gasteiger partial charge in [0.25, 0.3) is 5.91 Å². The average molecular weight is 528 g/mol. The molecule has 3 aliphatic rings. The van der Waals surface area contributed by atoms with Gasteiger partial charge in [-0.2, -0.15) is 0 Å². The van der Waals surface area contributed by atoms with E-state index in [1.54, 1.807) is 6.07 Å². The normalized spacial score (nSPS) is 30.4. The largest absolute Gasteiger partial charge is 0.508 e. The van der Waals surface area contributed by atoms with Crippen molar-refractivity contribution in [1.82, 2.24) is 5.32 Å². The number of phenols is 1. The van der Waals surface area contributed by atoms with Crippen LogP contribution in [0.15, 0.2) is 66.7 Å². The van der Waals surface area contributed by atoms with Crippen LogP contribution in [0.4, 0.5) is 0 Å². The van der Waals surface area contributed by atoms with Crippen molar-refractivity contribution in [2.45, 2.75) is 62.5 Å². The Hall–Kier alpha value is -3.38. The Balaban J connectivity index is 1.34. The Morgan fingerprint density at radius 1 is 1.00 bits per heavy atom. The van der Waals surface area contributed by atoms with Gasteiger partial charge in [-0.3, -0.25) is 9.59 Å². The van der Waals surface area contributed by atoms with E-state index in [1.165, 1.54) is 19.8 Å². The van der Waals surface area contributed by atoms with Gasteiger partial charge >= 0.3 is 5.97 Å². The third kappa shape index (κ3) is 4.91. The minimum Gasteiger partial charge on any atom is -0.508 e. The van der Waals surface area contributed by atoms with Gasteiger partial charge in [0.15, 0.2) is 5.60 Å². The zero-order valence-corrected chi connectivity index (χ0v) is 23.0. The second-order valence-corrected chi connectivity index (χ2v) is 12.6. The Morgan fingerprint density at radius 3 is 2.54 bits per heavy atom. The van der Waals surface area contributed by atoms with E-state index in [1.807, 2.05) is 54.6 Å². The highest BCUT2D eigenvalue weighted by Gasteiger charge is 2.64. The van der Waals surface area contributed by atoms with E-state index in [4.69, 9.17) is 4.74 Å². The summed E-state index contributed by atoms with van der Waals surface area (Å²) >= 11 is 0. The molecular formula is C33H39N2O4+. The third-order valence-corrected chi connectivity index (χ3v) is 9.56. The quantitative estimate of drug-likeness (QED) is 0.336. The van der Waals surface area contributed by atoms with Gasteiger partial charge in [0, 0.05) is 36.3 Å². The number of fused-ring (bicyclic) bond motifs is 2. The molecule has 2 N–H and O–H groups in total. The van der Waals surface area contributed by atoms with Gasteiger partial charge in [-0.15, -0.1) is 0 Å². The molecule has 0 bridgehead atoms. The summed E-state index contributed by atoms with van der Waals surface area (Å²) in [6.45, 7) is 4.35. The molecule has 6 heteroatoms. The highest BCUT2D eigenvalue weighted by atomic mass is 16.6. The summed E-state index contributed by atoms with van der Waals surface area (Å²) in [6, 6.07) is 21.3. The van der Waals surface area contributed by atoms with Crippen molar-refractivity contribution >= 4 is 22.6 Å². The number of rotatable bonds is 6. The molecule has 2 aliphatic carbocycles. The highest BCUT2D eigenvalue weighted by molar-refractivity contribution is 5.98. The Bertz CT molecular complexity index is 1420. The highest BCUT2D eigenvalue weighted by Crippen LogP contribution is 2.55. The molecule has 2 saturated carbocycles. The van der Waals surface area contributed by atoms with Crippen LogP contribution < -0.4 is 5.32 Å². The fraction of sp³-hybridized carbons (Fsp3) is 0.455. The zero-order chi connectivity index (χ0) is 27.3. The molecule has 1 heterocycles. The fourth-order valence-electron chi connectivity index (χ4n) is 7.66. The maximum absolute atomic E-state index is 13.5. The second-order valence-electron chi connectivity index (χ2n) is 12.6. The Labute approximate surface area is 230 Å². The van der Waals surface area contributed by atoms with Crippen LogP contribution in [-0.4, -0.2) is 59.8 Å². The van der Waals surface area contributed by atoms with E-state index < -0.39 is 11.0 Å².